The minimum absolute atomic E-state index is 0.702. The third-order valence-corrected chi connectivity index (χ3v) is 4.57. The molecule has 0 aliphatic heterocycles. The molecule has 0 heterocycles. The molecule has 1 aliphatic carbocycles. The smallest absolute Gasteiger partial charge is 0.120 e. The van der Waals surface area contributed by atoms with Gasteiger partial charge in [-0.3, -0.25) is 4.90 Å². The summed E-state index contributed by atoms with van der Waals surface area (Å²) in [6, 6.07) is 8.71. The first-order valence-electron chi connectivity index (χ1n) is 7.48. The maximum atomic E-state index is 5.94. The topological polar surface area (TPSA) is 12.5 Å². The highest BCUT2D eigenvalue weighted by atomic mass is 79.9. The lowest BCUT2D eigenvalue weighted by Gasteiger charge is -2.33. The minimum atomic E-state index is 0.702. The van der Waals surface area contributed by atoms with Crippen LogP contribution in [0.5, 0.6) is 5.75 Å². The van der Waals surface area contributed by atoms with Crippen LogP contribution in [-0.2, 0) is 0 Å². The Labute approximate surface area is 135 Å². The summed E-state index contributed by atoms with van der Waals surface area (Å²) in [5.74, 6) is 1.63. The molecule has 1 aromatic carbocycles. The molecule has 1 saturated carbocycles. The largest absolute Gasteiger partial charge is 0.492 e. The van der Waals surface area contributed by atoms with E-state index in [4.69, 9.17) is 16.3 Å². The number of alkyl halides is 1. The summed E-state index contributed by atoms with van der Waals surface area (Å²) >= 11 is 9.41. The normalized spacial score (nSPS) is 16.6. The van der Waals surface area contributed by atoms with Crippen molar-refractivity contribution in [3.05, 3.63) is 28.7 Å². The summed E-state index contributed by atoms with van der Waals surface area (Å²) in [7, 11) is 0. The molecular weight excluding hydrogens is 338 g/mol. The molecule has 1 fully saturated rings. The molecule has 0 saturated heterocycles. The Bertz CT molecular complexity index is 396. The molecule has 2 nitrogen and oxygen atoms in total. The first-order chi connectivity index (χ1) is 9.79. The van der Waals surface area contributed by atoms with Crippen molar-refractivity contribution in [1.29, 1.82) is 0 Å². The van der Waals surface area contributed by atoms with Crippen molar-refractivity contribution in [2.75, 3.05) is 25.6 Å². The van der Waals surface area contributed by atoms with Gasteiger partial charge in [-0.25, -0.2) is 0 Å². The van der Waals surface area contributed by atoms with Crippen molar-refractivity contribution in [1.82, 2.24) is 4.90 Å². The predicted molar refractivity (Wildman–Crippen MR) is 88.8 cm³/mol. The lowest BCUT2D eigenvalue weighted by atomic mass is 9.94. The van der Waals surface area contributed by atoms with Gasteiger partial charge in [-0.05, 0) is 31.0 Å². The standard InChI is InChI=1S/C16H23BrClNO/c17-14-5-4-8-16(13-14)20-12-11-19(10-9-18)15-6-2-1-3-7-15/h4-5,8,13,15H,1-3,6-7,9-12H2. The molecule has 0 atom stereocenters. The molecule has 0 N–H and O–H groups in total. The van der Waals surface area contributed by atoms with Gasteiger partial charge in [0.15, 0.2) is 0 Å². The first-order valence-corrected chi connectivity index (χ1v) is 8.81. The van der Waals surface area contributed by atoms with Gasteiger partial charge >= 0.3 is 0 Å². The van der Waals surface area contributed by atoms with E-state index in [1.165, 1.54) is 32.1 Å². The second-order valence-corrected chi connectivity index (χ2v) is 6.62. The molecule has 20 heavy (non-hydrogen) atoms. The molecule has 1 aromatic rings. The second-order valence-electron chi connectivity index (χ2n) is 5.32. The molecular formula is C16H23BrClNO. The van der Waals surface area contributed by atoms with E-state index in [0.29, 0.717) is 11.9 Å². The Hall–Kier alpha value is -0.250. The fourth-order valence-corrected chi connectivity index (χ4v) is 3.46. The summed E-state index contributed by atoms with van der Waals surface area (Å²) < 4.78 is 6.90. The quantitative estimate of drug-likeness (QED) is 0.653. The van der Waals surface area contributed by atoms with Crippen LogP contribution in [0.3, 0.4) is 0 Å². The van der Waals surface area contributed by atoms with E-state index in [1.807, 2.05) is 24.3 Å². The van der Waals surface area contributed by atoms with Crippen LogP contribution in [0, 0.1) is 0 Å². The van der Waals surface area contributed by atoms with Crippen LogP contribution in [0.2, 0.25) is 0 Å². The van der Waals surface area contributed by atoms with Crippen molar-refractivity contribution in [3.8, 4) is 5.75 Å². The Morgan fingerprint density at radius 3 is 2.70 bits per heavy atom. The zero-order chi connectivity index (χ0) is 14.2. The summed E-state index contributed by atoms with van der Waals surface area (Å²) in [4.78, 5) is 2.50. The zero-order valence-electron chi connectivity index (χ0n) is 11.9. The summed E-state index contributed by atoms with van der Waals surface area (Å²) in [5.41, 5.74) is 0. The first kappa shape index (κ1) is 16.1. The van der Waals surface area contributed by atoms with Crippen LogP contribution in [0.4, 0.5) is 0 Å². The highest BCUT2D eigenvalue weighted by molar-refractivity contribution is 9.10. The van der Waals surface area contributed by atoms with Crippen LogP contribution >= 0.6 is 27.5 Å². The zero-order valence-corrected chi connectivity index (χ0v) is 14.2. The number of ether oxygens (including phenoxy) is 1. The van der Waals surface area contributed by atoms with E-state index in [0.717, 1.165) is 29.9 Å². The van der Waals surface area contributed by atoms with Gasteiger partial charge in [0.1, 0.15) is 12.4 Å². The highest BCUT2D eigenvalue weighted by Gasteiger charge is 2.20. The van der Waals surface area contributed by atoms with E-state index in [2.05, 4.69) is 20.8 Å². The maximum absolute atomic E-state index is 5.94. The molecule has 0 unspecified atom stereocenters. The molecule has 0 bridgehead atoms. The highest BCUT2D eigenvalue weighted by Crippen LogP contribution is 2.23. The fraction of sp³-hybridized carbons (Fsp3) is 0.625. The monoisotopic (exact) mass is 359 g/mol. The lowest BCUT2D eigenvalue weighted by molar-refractivity contribution is 0.137. The third-order valence-electron chi connectivity index (χ3n) is 3.91. The molecule has 112 valence electrons. The number of nitrogens with zero attached hydrogens (tertiary/aromatic N) is 1. The average molecular weight is 361 g/mol. The number of hydrogen-bond donors (Lipinski definition) is 0. The molecule has 4 heteroatoms. The van der Waals surface area contributed by atoms with E-state index >= 15 is 0 Å². The van der Waals surface area contributed by atoms with Crippen LogP contribution in [0.25, 0.3) is 0 Å². The van der Waals surface area contributed by atoms with Crippen LogP contribution in [-0.4, -0.2) is 36.5 Å². The van der Waals surface area contributed by atoms with Gasteiger partial charge in [0.05, 0.1) is 0 Å². The fourth-order valence-electron chi connectivity index (χ4n) is 2.87. The van der Waals surface area contributed by atoms with Crippen molar-refractivity contribution in [2.24, 2.45) is 0 Å². The second kappa shape index (κ2) is 8.91. The van der Waals surface area contributed by atoms with Gasteiger partial charge in [0.25, 0.3) is 0 Å². The average Bonchev–Trinajstić information content (AvgIpc) is 2.47. The van der Waals surface area contributed by atoms with E-state index in [1.54, 1.807) is 0 Å². The lowest BCUT2D eigenvalue weighted by Crippen LogP contribution is -2.40. The van der Waals surface area contributed by atoms with Crippen molar-refractivity contribution < 1.29 is 4.74 Å². The Morgan fingerprint density at radius 1 is 1.20 bits per heavy atom. The number of halogens is 2. The van der Waals surface area contributed by atoms with E-state index in [9.17, 15) is 0 Å². The van der Waals surface area contributed by atoms with Gasteiger partial charge in [0, 0.05) is 29.5 Å². The molecule has 0 aromatic heterocycles. The van der Waals surface area contributed by atoms with Crippen molar-refractivity contribution >= 4 is 27.5 Å². The van der Waals surface area contributed by atoms with E-state index < -0.39 is 0 Å². The molecule has 0 spiro atoms. The van der Waals surface area contributed by atoms with Gasteiger partial charge in [-0.1, -0.05) is 41.3 Å². The Kier molecular flexibility index (Phi) is 7.18. The number of rotatable bonds is 7. The summed E-state index contributed by atoms with van der Waals surface area (Å²) in [6.45, 7) is 2.65. The summed E-state index contributed by atoms with van der Waals surface area (Å²) in [6.07, 6.45) is 6.73. The van der Waals surface area contributed by atoms with Crippen LogP contribution in [0.1, 0.15) is 32.1 Å². The molecule has 0 amide bonds. The SMILES string of the molecule is ClCCN(CCOc1cccc(Br)c1)C1CCCCC1. The Balaban J connectivity index is 1.79. The van der Waals surface area contributed by atoms with Crippen molar-refractivity contribution in [3.63, 3.8) is 0 Å². The number of hydrogen-bond acceptors (Lipinski definition) is 2. The summed E-state index contributed by atoms with van der Waals surface area (Å²) in [5, 5.41) is 0. The van der Waals surface area contributed by atoms with Gasteiger partial charge in [-0.2, -0.15) is 0 Å². The molecule has 2 rings (SSSR count). The third kappa shape index (κ3) is 5.27. The Morgan fingerprint density at radius 2 is 2.00 bits per heavy atom. The maximum Gasteiger partial charge on any atom is 0.120 e. The van der Waals surface area contributed by atoms with E-state index in [-0.39, 0.29) is 0 Å². The van der Waals surface area contributed by atoms with Crippen molar-refractivity contribution in [2.45, 2.75) is 38.1 Å². The van der Waals surface area contributed by atoms with Gasteiger partial charge < -0.3 is 4.74 Å². The predicted octanol–water partition coefficient (Wildman–Crippen LogP) is 4.70. The molecule has 0 radical (unpaired) electrons. The minimum Gasteiger partial charge on any atom is -0.492 e. The van der Waals surface area contributed by atoms with Gasteiger partial charge in [-0.15, -0.1) is 11.6 Å². The number of benzene rings is 1. The van der Waals surface area contributed by atoms with Crippen LogP contribution in [0.15, 0.2) is 28.7 Å². The van der Waals surface area contributed by atoms with Gasteiger partial charge in [0.2, 0.25) is 0 Å². The van der Waals surface area contributed by atoms with Crippen LogP contribution < -0.4 is 4.74 Å². The molecule has 1 aliphatic rings.